The van der Waals surface area contributed by atoms with E-state index >= 15 is 0 Å². The van der Waals surface area contributed by atoms with Crippen LogP contribution in [0, 0.1) is 0 Å². The van der Waals surface area contributed by atoms with Gasteiger partial charge in [0.1, 0.15) is 11.3 Å². The first kappa shape index (κ1) is 17.5. The van der Waals surface area contributed by atoms with Crippen LogP contribution in [0.5, 0.6) is 0 Å². The third kappa shape index (κ3) is 4.41. The summed E-state index contributed by atoms with van der Waals surface area (Å²) in [6.07, 6.45) is 0. The highest BCUT2D eigenvalue weighted by Gasteiger charge is 2.14. The van der Waals surface area contributed by atoms with E-state index in [2.05, 4.69) is 10.6 Å². The van der Waals surface area contributed by atoms with Crippen LogP contribution >= 0.6 is 11.6 Å². The molecule has 1 heterocycles. The average Bonchev–Trinajstić information content (AvgIpc) is 3.04. The van der Waals surface area contributed by atoms with Crippen molar-refractivity contribution < 1.29 is 9.21 Å². The van der Waals surface area contributed by atoms with E-state index in [4.69, 9.17) is 16.0 Å². The lowest BCUT2D eigenvalue weighted by Crippen LogP contribution is -2.36. The van der Waals surface area contributed by atoms with Crippen molar-refractivity contribution in [3.63, 3.8) is 0 Å². The van der Waals surface area contributed by atoms with Gasteiger partial charge >= 0.3 is 0 Å². The molecule has 4 nitrogen and oxygen atoms in total. The third-order valence-electron chi connectivity index (χ3n) is 4.19. The Hall–Kier alpha value is -2.30. The molecule has 2 aromatic carbocycles. The predicted molar refractivity (Wildman–Crippen MR) is 101 cm³/mol. The van der Waals surface area contributed by atoms with Gasteiger partial charge < -0.3 is 9.73 Å². The number of carbonyl (C=O) groups excluding carboxylic acids is 1. The molecule has 0 fully saturated rings. The summed E-state index contributed by atoms with van der Waals surface area (Å²) < 4.78 is 5.82. The van der Waals surface area contributed by atoms with Crippen LogP contribution in [-0.4, -0.2) is 12.5 Å². The monoisotopic (exact) mass is 356 g/mol. The summed E-state index contributed by atoms with van der Waals surface area (Å²) >= 11 is 5.89. The van der Waals surface area contributed by atoms with Crippen molar-refractivity contribution in [3.8, 4) is 0 Å². The van der Waals surface area contributed by atoms with Crippen LogP contribution in [0.15, 0.2) is 59.0 Å². The molecule has 5 heteroatoms. The maximum Gasteiger partial charge on any atom is 0.234 e. The topological polar surface area (TPSA) is 54.3 Å². The van der Waals surface area contributed by atoms with Gasteiger partial charge in [-0.05, 0) is 43.7 Å². The first-order chi connectivity index (χ1) is 12.0. The van der Waals surface area contributed by atoms with E-state index in [1.807, 2.05) is 68.4 Å². The summed E-state index contributed by atoms with van der Waals surface area (Å²) in [5.41, 5.74) is 1.87. The van der Waals surface area contributed by atoms with Crippen molar-refractivity contribution in [1.29, 1.82) is 0 Å². The number of halogens is 1. The summed E-state index contributed by atoms with van der Waals surface area (Å²) in [5, 5.41) is 7.92. The fraction of sp³-hybridized carbons (Fsp3) is 0.250. The maximum atomic E-state index is 12.2. The van der Waals surface area contributed by atoms with Gasteiger partial charge in [0.25, 0.3) is 0 Å². The molecule has 25 heavy (non-hydrogen) atoms. The average molecular weight is 357 g/mol. The lowest BCUT2D eigenvalue weighted by atomic mass is 10.1. The molecule has 130 valence electrons. The van der Waals surface area contributed by atoms with E-state index in [0.29, 0.717) is 5.02 Å². The summed E-state index contributed by atoms with van der Waals surface area (Å²) in [6.45, 7) is 4.15. The molecule has 3 aromatic rings. The number of nitrogens with one attached hydrogen (secondary N) is 2. The Morgan fingerprint density at radius 3 is 2.52 bits per heavy atom. The van der Waals surface area contributed by atoms with Crippen molar-refractivity contribution in [2.45, 2.75) is 25.9 Å². The van der Waals surface area contributed by atoms with Gasteiger partial charge in [0.15, 0.2) is 0 Å². The molecule has 1 amide bonds. The molecule has 0 saturated heterocycles. The second-order valence-corrected chi connectivity index (χ2v) is 6.57. The van der Waals surface area contributed by atoms with Crippen molar-refractivity contribution in [2.75, 3.05) is 6.54 Å². The van der Waals surface area contributed by atoms with Crippen LogP contribution in [0.1, 0.15) is 37.3 Å². The number of furan rings is 1. The highest BCUT2D eigenvalue weighted by atomic mass is 35.5. The van der Waals surface area contributed by atoms with Crippen molar-refractivity contribution in [2.24, 2.45) is 0 Å². The van der Waals surface area contributed by atoms with Gasteiger partial charge in [0.05, 0.1) is 18.6 Å². The zero-order valence-electron chi connectivity index (χ0n) is 14.3. The van der Waals surface area contributed by atoms with Crippen LogP contribution in [0.3, 0.4) is 0 Å². The summed E-state index contributed by atoms with van der Waals surface area (Å²) in [5.74, 6) is 0.755. The van der Waals surface area contributed by atoms with E-state index in [0.717, 1.165) is 22.3 Å². The largest absolute Gasteiger partial charge is 0.459 e. The number of hydrogen-bond donors (Lipinski definition) is 2. The molecule has 0 saturated carbocycles. The SMILES string of the molecule is CC(NC(=O)CNC(C)c1cc2ccccc2o1)c1ccc(Cl)cc1. The van der Waals surface area contributed by atoms with E-state index in [1.165, 1.54) is 0 Å². The van der Waals surface area contributed by atoms with Crippen molar-refractivity contribution in [3.05, 3.63) is 70.9 Å². The number of para-hydroxylation sites is 1. The first-order valence-corrected chi connectivity index (χ1v) is 8.67. The minimum atomic E-state index is -0.0759. The van der Waals surface area contributed by atoms with E-state index in [9.17, 15) is 4.79 Å². The number of benzene rings is 2. The van der Waals surface area contributed by atoms with Gasteiger partial charge in [-0.3, -0.25) is 10.1 Å². The molecule has 3 rings (SSSR count). The Morgan fingerprint density at radius 2 is 1.80 bits per heavy atom. The molecule has 1 aromatic heterocycles. The van der Waals surface area contributed by atoms with Crippen LogP contribution in [-0.2, 0) is 4.79 Å². The fourth-order valence-corrected chi connectivity index (χ4v) is 2.82. The Labute approximate surface area is 152 Å². The molecule has 0 spiro atoms. The molecular formula is C20H21ClN2O2. The summed E-state index contributed by atoms with van der Waals surface area (Å²) in [6, 6.07) is 17.2. The second-order valence-electron chi connectivity index (χ2n) is 6.13. The van der Waals surface area contributed by atoms with Gasteiger partial charge in [0.2, 0.25) is 5.91 Å². The predicted octanol–water partition coefficient (Wildman–Crippen LogP) is 4.61. The number of fused-ring (bicyclic) bond motifs is 1. The Balaban J connectivity index is 1.53. The van der Waals surface area contributed by atoms with Crippen molar-refractivity contribution in [1.82, 2.24) is 10.6 Å². The van der Waals surface area contributed by atoms with Crippen LogP contribution in [0.25, 0.3) is 11.0 Å². The second kappa shape index (κ2) is 7.72. The minimum absolute atomic E-state index is 0.0519. The Morgan fingerprint density at radius 1 is 1.08 bits per heavy atom. The summed E-state index contributed by atoms with van der Waals surface area (Å²) in [4.78, 5) is 12.2. The van der Waals surface area contributed by atoms with Gasteiger partial charge in [-0.2, -0.15) is 0 Å². The lowest BCUT2D eigenvalue weighted by molar-refractivity contribution is -0.121. The molecular weight excluding hydrogens is 336 g/mol. The molecule has 0 aliphatic rings. The van der Waals surface area contributed by atoms with E-state index in [-0.39, 0.29) is 24.5 Å². The number of amides is 1. The quantitative estimate of drug-likeness (QED) is 0.677. The summed E-state index contributed by atoms with van der Waals surface area (Å²) in [7, 11) is 0. The van der Waals surface area contributed by atoms with Gasteiger partial charge in [-0.15, -0.1) is 0 Å². The van der Waals surface area contributed by atoms with E-state index < -0.39 is 0 Å². The molecule has 0 aliphatic carbocycles. The fourth-order valence-electron chi connectivity index (χ4n) is 2.69. The van der Waals surface area contributed by atoms with Crippen LogP contribution < -0.4 is 10.6 Å². The minimum Gasteiger partial charge on any atom is -0.459 e. The van der Waals surface area contributed by atoms with Crippen LogP contribution in [0.2, 0.25) is 5.02 Å². The lowest BCUT2D eigenvalue weighted by Gasteiger charge is -2.16. The highest BCUT2D eigenvalue weighted by molar-refractivity contribution is 6.30. The number of carbonyl (C=O) groups is 1. The van der Waals surface area contributed by atoms with Gasteiger partial charge in [-0.25, -0.2) is 0 Å². The third-order valence-corrected chi connectivity index (χ3v) is 4.44. The van der Waals surface area contributed by atoms with E-state index in [1.54, 1.807) is 0 Å². The first-order valence-electron chi connectivity index (χ1n) is 8.29. The molecule has 2 atom stereocenters. The van der Waals surface area contributed by atoms with Gasteiger partial charge in [0, 0.05) is 10.4 Å². The maximum absolute atomic E-state index is 12.2. The molecule has 0 bridgehead atoms. The normalized spacial score (nSPS) is 13.6. The standard InChI is InChI=1S/C20H21ClN2O2/c1-13(15-7-9-17(21)10-8-15)23-20(24)12-22-14(2)19-11-16-5-3-4-6-18(16)25-19/h3-11,13-14,22H,12H2,1-2H3,(H,23,24). The molecule has 2 unspecified atom stereocenters. The highest BCUT2D eigenvalue weighted by Crippen LogP contribution is 2.23. The molecule has 2 N–H and O–H groups in total. The number of hydrogen-bond acceptors (Lipinski definition) is 3. The van der Waals surface area contributed by atoms with Crippen molar-refractivity contribution >= 4 is 28.5 Å². The Bertz CT molecular complexity index is 825. The molecule has 0 radical (unpaired) electrons. The Kier molecular flexibility index (Phi) is 5.41. The van der Waals surface area contributed by atoms with Gasteiger partial charge in [-0.1, -0.05) is 41.9 Å². The zero-order valence-corrected chi connectivity index (χ0v) is 15.0. The zero-order chi connectivity index (χ0) is 17.8. The van der Waals surface area contributed by atoms with Crippen LogP contribution in [0.4, 0.5) is 0 Å². The molecule has 0 aliphatic heterocycles. The smallest absolute Gasteiger partial charge is 0.234 e. The number of rotatable bonds is 6.